The molecular weight excluding hydrogens is 294 g/mol. The van der Waals surface area contributed by atoms with E-state index in [4.69, 9.17) is 4.74 Å². The first-order valence-electron chi connectivity index (χ1n) is 7.84. The molecule has 0 atom stereocenters. The summed E-state index contributed by atoms with van der Waals surface area (Å²) in [5, 5.41) is 3.25. The minimum atomic E-state index is 0.201. The molecule has 2 aromatic rings. The number of piperazine rings is 1. The van der Waals surface area contributed by atoms with Gasteiger partial charge in [0.05, 0.1) is 18.3 Å². The van der Waals surface area contributed by atoms with E-state index in [0.717, 1.165) is 38.5 Å². The second kappa shape index (κ2) is 7.11. The van der Waals surface area contributed by atoms with Gasteiger partial charge in [0.25, 0.3) is 0 Å². The highest BCUT2D eigenvalue weighted by molar-refractivity contribution is 7.09. The van der Waals surface area contributed by atoms with Gasteiger partial charge >= 0.3 is 0 Å². The van der Waals surface area contributed by atoms with Crippen LogP contribution in [0.5, 0.6) is 5.75 Å². The molecule has 0 aliphatic carbocycles. The van der Waals surface area contributed by atoms with Crippen molar-refractivity contribution in [2.45, 2.75) is 26.5 Å². The number of ether oxygens (including phenoxy) is 1. The fraction of sp³-hybridized carbons (Fsp3) is 0.471. The van der Waals surface area contributed by atoms with E-state index in [9.17, 15) is 0 Å². The molecule has 0 radical (unpaired) electrons. The van der Waals surface area contributed by atoms with Gasteiger partial charge < -0.3 is 9.64 Å². The van der Waals surface area contributed by atoms with Gasteiger partial charge in [-0.15, -0.1) is 11.3 Å². The van der Waals surface area contributed by atoms with Gasteiger partial charge in [-0.25, -0.2) is 4.98 Å². The van der Waals surface area contributed by atoms with Crippen molar-refractivity contribution in [3.63, 3.8) is 0 Å². The van der Waals surface area contributed by atoms with Crippen molar-refractivity contribution in [2.24, 2.45) is 0 Å². The van der Waals surface area contributed by atoms with Crippen LogP contribution in [-0.2, 0) is 6.54 Å². The fourth-order valence-electron chi connectivity index (χ4n) is 2.74. The zero-order valence-electron chi connectivity index (χ0n) is 13.2. The predicted octanol–water partition coefficient (Wildman–Crippen LogP) is 3.25. The van der Waals surface area contributed by atoms with Crippen molar-refractivity contribution in [1.82, 2.24) is 9.88 Å². The van der Waals surface area contributed by atoms with Crippen LogP contribution in [0.1, 0.15) is 18.9 Å². The molecule has 118 valence electrons. The SMILES string of the molecule is CC(C)Oc1ccccc1N1CCN(Cc2nccs2)CC1. The lowest BCUT2D eigenvalue weighted by molar-refractivity contribution is 0.235. The van der Waals surface area contributed by atoms with E-state index < -0.39 is 0 Å². The van der Waals surface area contributed by atoms with Crippen LogP contribution < -0.4 is 9.64 Å². The summed E-state index contributed by atoms with van der Waals surface area (Å²) in [6.07, 6.45) is 2.09. The van der Waals surface area contributed by atoms with Crippen LogP contribution in [-0.4, -0.2) is 42.2 Å². The quantitative estimate of drug-likeness (QED) is 0.846. The average molecular weight is 317 g/mol. The standard InChI is InChI=1S/C17H23N3OS/c1-14(2)21-16-6-4-3-5-15(16)20-10-8-19(9-11-20)13-17-18-7-12-22-17/h3-7,12,14H,8-11,13H2,1-2H3. The Bertz CT molecular complexity index is 577. The van der Waals surface area contributed by atoms with E-state index in [0.29, 0.717) is 0 Å². The molecule has 4 nitrogen and oxygen atoms in total. The summed E-state index contributed by atoms with van der Waals surface area (Å²) in [6.45, 7) is 9.31. The minimum absolute atomic E-state index is 0.201. The van der Waals surface area contributed by atoms with Crippen molar-refractivity contribution >= 4 is 17.0 Å². The molecule has 0 N–H and O–H groups in total. The maximum absolute atomic E-state index is 5.95. The maximum Gasteiger partial charge on any atom is 0.142 e. The van der Waals surface area contributed by atoms with E-state index in [-0.39, 0.29) is 6.10 Å². The Hall–Kier alpha value is -1.59. The maximum atomic E-state index is 5.95. The molecule has 1 aliphatic heterocycles. The van der Waals surface area contributed by atoms with Crippen LogP contribution in [0.15, 0.2) is 35.8 Å². The topological polar surface area (TPSA) is 28.6 Å². The number of hydrogen-bond acceptors (Lipinski definition) is 5. The summed E-state index contributed by atoms with van der Waals surface area (Å²) in [7, 11) is 0. The third-order valence-corrected chi connectivity index (χ3v) is 4.55. The van der Waals surface area contributed by atoms with Crippen molar-refractivity contribution in [3.8, 4) is 5.75 Å². The van der Waals surface area contributed by atoms with E-state index in [1.165, 1.54) is 10.7 Å². The smallest absolute Gasteiger partial charge is 0.142 e. The summed E-state index contributed by atoms with van der Waals surface area (Å²) >= 11 is 1.74. The number of anilines is 1. The molecule has 1 aromatic carbocycles. The molecule has 3 rings (SSSR count). The Morgan fingerprint density at radius 3 is 2.64 bits per heavy atom. The molecule has 2 heterocycles. The number of rotatable bonds is 5. The van der Waals surface area contributed by atoms with Crippen LogP contribution in [0, 0.1) is 0 Å². The highest BCUT2D eigenvalue weighted by atomic mass is 32.1. The summed E-state index contributed by atoms with van der Waals surface area (Å²) in [6, 6.07) is 8.36. The van der Waals surface area contributed by atoms with Crippen molar-refractivity contribution in [1.29, 1.82) is 0 Å². The van der Waals surface area contributed by atoms with Crippen molar-refractivity contribution < 1.29 is 4.74 Å². The summed E-state index contributed by atoms with van der Waals surface area (Å²) < 4.78 is 5.95. The number of thiazole rings is 1. The van der Waals surface area contributed by atoms with Gasteiger partial charge in [-0.2, -0.15) is 0 Å². The van der Waals surface area contributed by atoms with E-state index >= 15 is 0 Å². The molecule has 0 spiro atoms. The van der Waals surface area contributed by atoms with Crippen LogP contribution >= 0.6 is 11.3 Å². The van der Waals surface area contributed by atoms with Gasteiger partial charge in [-0.05, 0) is 26.0 Å². The third kappa shape index (κ3) is 3.78. The Morgan fingerprint density at radius 1 is 1.18 bits per heavy atom. The number of nitrogens with zero attached hydrogens (tertiary/aromatic N) is 3. The zero-order valence-corrected chi connectivity index (χ0v) is 14.1. The number of hydrogen-bond donors (Lipinski definition) is 0. The van der Waals surface area contributed by atoms with Gasteiger partial charge in [0.15, 0.2) is 0 Å². The molecule has 22 heavy (non-hydrogen) atoms. The van der Waals surface area contributed by atoms with Gasteiger partial charge in [-0.1, -0.05) is 12.1 Å². The number of aromatic nitrogens is 1. The van der Waals surface area contributed by atoms with Gasteiger partial charge in [-0.3, -0.25) is 4.90 Å². The Labute approximate surface area is 136 Å². The zero-order chi connectivity index (χ0) is 15.4. The van der Waals surface area contributed by atoms with Crippen molar-refractivity contribution in [3.05, 3.63) is 40.8 Å². The molecule has 1 saturated heterocycles. The summed E-state index contributed by atoms with van der Waals surface area (Å²) in [4.78, 5) is 9.28. The molecular formula is C17H23N3OS. The molecule has 1 fully saturated rings. The second-order valence-electron chi connectivity index (χ2n) is 5.82. The van der Waals surface area contributed by atoms with E-state index in [1.807, 2.05) is 17.6 Å². The first-order valence-corrected chi connectivity index (χ1v) is 8.71. The lowest BCUT2D eigenvalue weighted by Crippen LogP contribution is -2.46. The van der Waals surface area contributed by atoms with Crippen molar-refractivity contribution in [2.75, 3.05) is 31.1 Å². The predicted molar refractivity (Wildman–Crippen MR) is 91.8 cm³/mol. The number of para-hydroxylation sites is 2. The lowest BCUT2D eigenvalue weighted by Gasteiger charge is -2.36. The molecule has 1 aromatic heterocycles. The Morgan fingerprint density at radius 2 is 1.95 bits per heavy atom. The largest absolute Gasteiger partial charge is 0.489 e. The van der Waals surface area contributed by atoms with Gasteiger partial charge in [0.1, 0.15) is 10.8 Å². The summed E-state index contributed by atoms with van der Waals surface area (Å²) in [5.41, 5.74) is 1.21. The molecule has 5 heteroatoms. The van der Waals surface area contributed by atoms with Crippen LogP contribution in [0.3, 0.4) is 0 Å². The fourth-order valence-corrected chi connectivity index (χ4v) is 3.40. The molecule has 0 amide bonds. The van der Waals surface area contributed by atoms with Crippen LogP contribution in [0.4, 0.5) is 5.69 Å². The van der Waals surface area contributed by atoms with Crippen LogP contribution in [0.25, 0.3) is 0 Å². The second-order valence-corrected chi connectivity index (χ2v) is 6.80. The van der Waals surface area contributed by atoms with Gasteiger partial charge in [0.2, 0.25) is 0 Å². The van der Waals surface area contributed by atoms with E-state index in [2.05, 4.69) is 46.8 Å². The highest BCUT2D eigenvalue weighted by Crippen LogP contribution is 2.29. The summed E-state index contributed by atoms with van der Waals surface area (Å²) in [5.74, 6) is 0.992. The van der Waals surface area contributed by atoms with E-state index in [1.54, 1.807) is 11.3 Å². The van der Waals surface area contributed by atoms with Gasteiger partial charge in [0, 0.05) is 37.8 Å². The Kier molecular flexibility index (Phi) is 4.95. The average Bonchev–Trinajstić information content (AvgIpc) is 3.01. The highest BCUT2D eigenvalue weighted by Gasteiger charge is 2.20. The molecule has 0 saturated carbocycles. The third-order valence-electron chi connectivity index (χ3n) is 3.78. The first-order chi connectivity index (χ1) is 10.7. The molecule has 1 aliphatic rings. The molecule has 0 bridgehead atoms. The molecule has 0 unspecified atom stereocenters. The number of benzene rings is 1. The monoisotopic (exact) mass is 317 g/mol. The lowest BCUT2D eigenvalue weighted by atomic mass is 10.2. The minimum Gasteiger partial charge on any atom is -0.489 e. The van der Waals surface area contributed by atoms with Crippen LogP contribution in [0.2, 0.25) is 0 Å². The first kappa shape index (κ1) is 15.3. The normalized spacial score (nSPS) is 16.2. The Balaban J connectivity index is 1.61.